The van der Waals surface area contributed by atoms with Crippen LogP contribution in [0.2, 0.25) is 0 Å². The number of hydrogen-bond donors (Lipinski definition) is 1. The van der Waals surface area contributed by atoms with Crippen molar-refractivity contribution in [1.82, 2.24) is 14.6 Å². The summed E-state index contributed by atoms with van der Waals surface area (Å²) in [6.45, 7) is 2.04. The molecule has 0 aliphatic heterocycles. The van der Waals surface area contributed by atoms with E-state index in [0.717, 1.165) is 22.4 Å². The number of nitrogen functional groups attached to an aromatic ring is 1. The number of pyridine rings is 1. The monoisotopic (exact) mass is 356 g/mol. The molecule has 0 atom stereocenters. The molecule has 0 amide bonds. The molecule has 4 aromatic rings. The number of nitrogens with zero attached hydrogens (tertiary/aromatic N) is 3. The van der Waals surface area contributed by atoms with Gasteiger partial charge in [-0.15, -0.1) is 10.2 Å². The second-order valence-electron chi connectivity index (χ2n) is 6.74. The van der Waals surface area contributed by atoms with Crippen molar-refractivity contribution in [1.29, 1.82) is 0 Å². The number of benzene rings is 2. The average molecular weight is 356 g/mol. The first-order valence-electron chi connectivity index (χ1n) is 8.86. The zero-order valence-corrected chi connectivity index (χ0v) is 15.1. The van der Waals surface area contributed by atoms with E-state index in [-0.39, 0.29) is 5.78 Å². The van der Waals surface area contributed by atoms with Crippen LogP contribution in [0.25, 0.3) is 16.9 Å². The van der Waals surface area contributed by atoms with Crippen LogP contribution in [0.1, 0.15) is 16.7 Å². The Bertz CT molecular complexity index is 1110. The molecule has 0 aliphatic carbocycles. The number of anilines is 1. The second-order valence-corrected chi connectivity index (χ2v) is 6.74. The van der Waals surface area contributed by atoms with Crippen molar-refractivity contribution in [2.75, 3.05) is 5.73 Å². The van der Waals surface area contributed by atoms with Crippen LogP contribution in [0.15, 0.2) is 66.7 Å². The summed E-state index contributed by atoms with van der Waals surface area (Å²) in [5.41, 5.74) is 11.8. The number of hydrogen-bond acceptors (Lipinski definition) is 4. The average Bonchev–Trinajstić information content (AvgIpc) is 3.04. The standard InChI is InChI=1S/C22H20N4O/c1-15-4-2-5-17(12-15)14-19(27)13-16-8-10-18(11-9-16)20-6-3-7-21-24-25-22(23)26(20)21/h2-12H,13-14H2,1H3,(H2,23,25). The van der Waals surface area contributed by atoms with Crippen LogP contribution < -0.4 is 5.73 Å². The van der Waals surface area contributed by atoms with Gasteiger partial charge in [-0.3, -0.25) is 9.20 Å². The number of carbonyl (C=O) groups excluding carboxylic acids is 1. The summed E-state index contributed by atoms with van der Waals surface area (Å²) >= 11 is 0. The number of fused-ring (bicyclic) bond motifs is 1. The molecule has 2 aromatic carbocycles. The highest BCUT2D eigenvalue weighted by molar-refractivity contribution is 5.83. The SMILES string of the molecule is Cc1cccc(CC(=O)Cc2ccc(-c3cccc4nnc(N)n34)cc2)c1. The fourth-order valence-corrected chi connectivity index (χ4v) is 3.32. The van der Waals surface area contributed by atoms with Gasteiger partial charge in [-0.25, -0.2) is 0 Å². The molecule has 27 heavy (non-hydrogen) atoms. The molecule has 0 unspecified atom stereocenters. The Morgan fingerprint density at radius 3 is 2.44 bits per heavy atom. The van der Waals surface area contributed by atoms with Gasteiger partial charge in [-0.2, -0.15) is 0 Å². The van der Waals surface area contributed by atoms with Gasteiger partial charge in [-0.05, 0) is 35.7 Å². The van der Waals surface area contributed by atoms with Crippen LogP contribution in [0, 0.1) is 6.92 Å². The highest BCUT2D eigenvalue weighted by Gasteiger charge is 2.10. The van der Waals surface area contributed by atoms with Gasteiger partial charge in [0.15, 0.2) is 5.65 Å². The van der Waals surface area contributed by atoms with Crippen LogP contribution in [-0.2, 0) is 17.6 Å². The Labute approximate surface area is 157 Å². The molecule has 134 valence electrons. The topological polar surface area (TPSA) is 73.3 Å². The fourth-order valence-electron chi connectivity index (χ4n) is 3.32. The predicted octanol–water partition coefficient (Wildman–Crippen LogP) is 3.64. The van der Waals surface area contributed by atoms with Crippen molar-refractivity contribution in [2.45, 2.75) is 19.8 Å². The van der Waals surface area contributed by atoms with E-state index in [2.05, 4.69) is 16.3 Å². The highest BCUT2D eigenvalue weighted by atomic mass is 16.1. The maximum absolute atomic E-state index is 12.4. The minimum Gasteiger partial charge on any atom is -0.368 e. The number of nitrogens with two attached hydrogens (primary N) is 1. The zero-order chi connectivity index (χ0) is 18.8. The summed E-state index contributed by atoms with van der Waals surface area (Å²) < 4.78 is 1.82. The summed E-state index contributed by atoms with van der Waals surface area (Å²) in [4.78, 5) is 12.4. The lowest BCUT2D eigenvalue weighted by Gasteiger charge is -2.08. The Hall–Kier alpha value is -3.47. The number of aromatic nitrogens is 3. The van der Waals surface area contributed by atoms with E-state index < -0.39 is 0 Å². The number of rotatable bonds is 5. The van der Waals surface area contributed by atoms with Gasteiger partial charge in [0, 0.05) is 12.8 Å². The molecule has 0 bridgehead atoms. The summed E-state index contributed by atoms with van der Waals surface area (Å²) in [5.74, 6) is 0.566. The molecular weight excluding hydrogens is 336 g/mol. The zero-order valence-electron chi connectivity index (χ0n) is 15.1. The summed E-state index contributed by atoms with van der Waals surface area (Å²) in [6.07, 6.45) is 0.882. The molecule has 2 N–H and O–H groups in total. The molecular formula is C22H20N4O. The molecule has 2 heterocycles. The third kappa shape index (κ3) is 3.58. The summed E-state index contributed by atoms with van der Waals surface area (Å²) in [7, 11) is 0. The molecule has 0 saturated heterocycles. The minimum absolute atomic E-state index is 0.207. The highest BCUT2D eigenvalue weighted by Crippen LogP contribution is 2.23. The van der Waals surface area contributed by atoms with Crippen molar-refractivity contribution in [3.05, 3.63) is 83.4 Å². The van der Waals surface area contributed by atoms with Crippen molar-refractivity contribution >= 4 is 17.4 Å². The van der Waals surface area contributed by atoms with E-state index in [4.69, 9.17) is 5.73 Å². The first-order valence-corrected chi connectivity index (χ1v) is 8.86. The number of ketones is 1. The van der Waals surface area contributed by atoms with Gasteiger partial charge >= 0.3 is 0 Å². The second kappa shape index (κ2) is 7.03. The van der Waals surface area contributed by atoms with Crippen LogP contribution >= 0.6 is 0 Å². The predicted molar refractivity (Wildman–Crippen MR) is 106 cm³/mol. The van der Waals surface area contributed by atoms with E-state index in [1.54, 1.807) is 0 Å². The fraction of sp³-hybridized carbons (Fsp3) is 0.136. The van der Waals surface area contributed by atoms with Crippen LogP contribution in [-0.4, -0.2) is 20.4 Å². The molecule has 5 heteroatoms. The number of carbonyl (C=O) groups is 1. The molecule has 0 saturated carbocycles. The summed E-state index contributed by atoms with van der Waals surface area (Å²) in [6, 6.07) is 21.8. The molecule has 2 aromatic heterocycles. The molecule has 0 aliphatic rings. The maximum atomic E-state index is 12.4. The van der Waals surface area contributed by atoms with Crippen molar-refractivity contribution in [3.8, 4) is 11.3 Å². The van der Waals surface area contributed by atoms with E-state index in [9.17, 15) is 4.79 Å². The smallest absolute Gasteiger partial charge is 0.226 e. The largest absolute Gasteiger partial charge is 0.368 e. The normalized spacial score (nSPS) is 11.0. The lowest BCUT2D eigenvalue weighted by atomic mass is 10.0. The Kier molecular flexibility index (Phi) is 4.42. The molecule has 5 nitrogen and oxygen atoms in total. The van der Waals surface area contributed by atoms with E-state index in [1.165, 1.54) is 5.56 Å². The lowest BCUT2D eigenvalue weighted by molar-refractivity contribution is -0.117. The Morgan fingerprint density at radius 1 is 0.926 bits per heavy atom. The van der Waals surface area contributed by atoms with Crippen molar-refractivity contribution in [2.24, 2.45) is 0 Å². The first-order chi connectivity index (χ1) is 13.1. The van der Waals surface area contributed by atoms with Crippen molar-refractivity contribution in [3.63, 3.8) is 0 Å². The van der Waals surface area contributed by atoms with Gasteiger partial charge < -0.3 is 5.73 Å². The van der Waals surface area contributed by atoms with Gasteiger partial charge in [0.05, 0.1) is 5.69 Å². The van der Waals surface area contributed by atoms with E-state index in [0.29, 0.717) is 24.4 Å². The van der Waals surface area contributed by atoms with Crippen LogP contribution in [0.5, 0.6) is 0 Å². The molecule has 4 rings (SSSR count). The Balaban J connectivity index is 1.52. The maximum Gasteiger partial charge on any atom is 0.226 e. The molecule has 0 spiro atoms. The minimum atomic E-state index is 0.207. The van der Waals surface area contributed by atoms with Crippen LogP contribution in [0.3, 0.4) is 0 Å². The van der Waals surface area contributed by atoms with E-state index >= 15 is 0 Å². The quantitative estimate of drug-likeness (QED) is 0.592. The molecule has 0 radical (unpaired) electrons. The third-order valence-corrected chi connectivity index (χ3v) is 4.59. The number of aryl methyl sites for hydroxylation is 1. The van der Waals surface area contributed by atoms with Crippen LogP contribution in [0.4, 0.5) is 5.95 Å². The number of Topliss-reactive ketones (excluding diaryl/α,β-unsaturated/α-hetero) is 1. The molecule has 0 fully saturated rings. The lowest BCUT2D eigenvalue weighted by Crippen LogP contribution is -2.06. The van der Waals surface area contributed by atoms with Gasteiger partial charge in [0.1, 0.15) is 5.78 Å². The Morgan fingerprint density at radius 2 is 1.67 bits per heavy atom. The van der Waals surface area contributed by atoms with Crippen molar-refractivity contribution < 1.29 is 4.79 Å². The van der Waals surface area contributed by atoms with Gasteiger partial charge in [0.25, 0.3) is 0 Å². The van der Waals surface area contributed by atoms with E-state index in [1.807, 2.05) is 72.0 Å². The first kappa shape index (κ1) is 17.0. The van der Waals surface area contributed by atoms with Gasteiger partial charge in [0.2, 0.25) is 5.95 Å². The van der Waals surface area contributed by atoms with Gasteiger partial charge in [-0.1, -0.05) is 60.2 Å². The summed E-state index contributed by atoms with van der Waals surface area (Å²) in [5, 5.41) is 7.98. The third-order valence-electron chi connectivity index (χ3n) is 4.59.